The molecule has 0 bridgehead atoms. The third kappa shape index (κ3) is 1.70. The monoisotopic (exact) mass is 204 g/mol. The number of rotatable bonds is 1. The topological polar surface area (TPSA) is 38.9 Å². The molecule has 0 amide bonds. The van der Waals surface area contributed by atoms with Gasteiger partial charge in [-0.15, -0.1) is 0 Å². The van der Waals surface area contributed by atoms with Gasteiger partial charge in [-0.2, -0.15) is 0 Å². The number of nitrogen functional groups attached to an aromatic ring is 1. The molecule has 0 aliphatic carbocycles. The fraction of sp³-hybridized carbons (Fsp3) is 0. The van der Waals surface area contributed by atoms with E-state index in [9.17, 15) is 0 Å². The number of nitrogens with zero attached hydrogens (tertiary/aromatic N) is 1. The van der Waals surface area contributed by atoms with Gasteiger partial charge in [-0.05, 0) is 12.1 Å². The molecule has 0 spiro atoms. The molecule has 0 radical (unpaired) electrons. The number of hydrogen-bond donors (Lipinski definition) is 1. The van der Waals surface area contributed by atoms with Crippen molar-refractivity contribution >= 4 is 17.4 Å². The van der Waals surface area contributed by atoms with Gasteiger partial charge in [-0.3, -0.25) is 0 Å². The zero-order valence-electron chi connectivity index (χ0n) is 7.44. The first-order chi connectivity index (χ1) is 6.77. The third-order valence-electron chi connectivity index (χ3n) is 1.94. The van der Waals surface area contributed by atoms with Crippen LogP contribution in [0.3, 0.4) is 0 Å². The SMILES string of the molecule is Nc1nc(-c2ccccc2)ccc1Cl. The van der Waals surface area contributed by atoms with Crippen LogP contribution in [0.2, 0.25) is 5.02 Å². The number of hydrogen-bond acceptors (Lipinski definition) is 2. The van der Waals surface area contributed by atoms with E-state index < -0.39 is 0 Å². The van der Waals surface area contributed by atoms with Gasteiger partial charge in [0.05, 0.1) is 10.7 Å². The molecule has 1 aromatic carbocycles. The van der Waals surface area contributed by atoms with Crippen molar-refractivity contribution < 1.29 is 0 Å². The van der Waals surface area contributed by atoms with E-state index in [0.717, 1.165) is 11.3 Å². The number of halogens is 1. The summed E-state index contributed by atoms with van der Waals surface area (Å²) in [5.41, 5.74) is 7.49. The quantitative estimate of drug-likeness (QED) is 0.776. The highest BCUT2D eigenvalue weighted by atomic mass is 35.5. The first-order valence-electron chi connectivity index (χ1n) is 4.25. The smallest absolute Gasteiger partial charge is 0.142 e. The third-order valence-corrected chi connectivity index (χ3v) is 2.26. The first kappa shape index (κ1) is 9.03. The van der Waals surface area contributed by atoms with Gasteiger partial charge in [-0.1, -0.05) is 41.9 Å². The fourth-order valence-corrected chi connectivity index (χ4v) is 1.33. The van der Waals surface area contributed by atoms with Crippen molar-refractivity contribution in [3.8, 4) is 11.3 Å². The zero-order valence-corrected chi connectivity index (χ0v) is 8.20. The maximum Gasteiger partial charge on any atom is 0.142 e. The van der Waals surface area contributed by atoms with E-state index in [-0.39, 0.29) is 0 Å². The van der Waals surface area contributed by atoms with Crippen molar-refractivity contribution in [2.45, 2.75) is 0 Å². The molecule has 2 N–H and O–H groups in total. The molecule has 0 saturated heterocycles. The molecule has 1 aromatic heterocycles. The Kier molecular flexibility index (Phi) is 2.37. The molecule has 0 fully saturated rings. The van der Waals surface area contributed by atoms with Crippen LogP contribution in [-0.2, 0) is 0 Å². The molecule has 2 nitrogen and oxygen atoms in total. The second-order valence-electron chi connectivity index (χ2n) is 2.93. The first-order valence-corrected chi connectivity index (χ1v) is 4.62. The maximum absolute atomic E-state index is 5.78. The van der Waals surface area contributed by atoms with Crippen LogP contribution in [0.4, 0.5) is 5.82 Å². The van der Waals surface area contributed by atoms with E-state index >= 15 is 0 Å². The van der Waals surface area contributed by atoms with Crippen molar-refractivity contribution in [1.29, 1.82) is 0 Å². The van der Waals surface area contributed by atoms with Gasteiger partial charge in [0.15, 0.2) is 0 Å². The lowest BCUT2D eigenvalue weighted by molar-refractivity contribution is 1.33. The van der Waals surface area contributed by atoms with Gasteiger partial charge >= 0.3 is 0 Å². The van der Waals surface area contributed by atoms with Gasteiger partial charge in [0.1, 0.15) is 5.82 Å². The Bertz CT molecular complexity index is 440. The molecule has 0 atom stereocenters. The standard InChI is InChI=1S/C11H9ClN2/c12-9-6-7-10(14-11(9)13)8-4-2-1-3-5-8/h1-7H,(H2,13,14). The van der Waals surface area contributed by atoms with Crippen LogP contribution in [0.1, 0.15) is 0 Å². The Morgan fingerprint density at radius 3 is 2.36 bits per heavy atom. The summed E-state index contributed by atoms with van der Waals surface area (Å²) in [5.74, 6) is 0.369. The van der Waals surface area contributed by atoms with Crippen molar-refractivity contribution in [3.05, 3.63) is 47.5 Å². The van der Waals surface area contributed by atoms with Crippen LogP contribution in [0, 0.1) is 0 Å². The lowest BCUT2D eigenvalue weighted by Crippen LogP contribution is -1.92. The van der Waals surface area contributed by atoms with E-state index in [4.69, 9.17) is 17.3 Å². The molecule has 14 heavy (non-hydrogen) atoms. The van der Waals surface area contributed by atoms with Crippen molar-refractivity contribution in [3.63, 3.8) is 0 Å². The molecular formula is C11H9ClN2. The van der Waals surface area contributed by atoms with Crippen LogP contribution >= 0.6 is 11.6 Å². The molecule has 0 saturated carbocycles. The second kappa shape index (κ2) is 3.68. The van der Waals surface area contributed by atoms with Crippen molar-refractivity contribution in [2.75, 3.05) is 5.73 Å². The summed E-state index contributed by atoms with van der Waals surface area (Å²) in [6.45, 7) is 0. The summed E-state index contributed by atoms with van der Waals surface area (Å²) in [7, 11) is 0. The minimum atomic E-state index is 0.369. The number of nitrogens with two attached hydrogens (primary N) is 1. The fourth-order valence-electron chi connectivity index (χ4n) is 1.23. The predicted octanol–water partition coefficient (Wildman–Crippen LogP) is 2.98. The summed E-state index contributed by atoms with van der Waals surface area (Å²) in [5, 5.41) is 0.490. The predicted molar refractivity (Wildman–Crippen MR) is 59.1 cm³/mol. The number of anilines is 1. The van der Waals surface area contributed by atoms with Crippen molar-refractivity contribution in [2.24, 2.45) is 0 Å². The van der Waals surface area contributed by atoms with Gasteiger partial charge in [0, 0.05) is 5.56 Å². The van der Waals surface area contributed by atoms with Gasteiger partial charge in [0.25, 0.3) is 0 Å². The normalized spacial score (nSPS) is 10.1. The molecule has 2 aromatic rings. The Hall–Kier alpha value is -1.54. The highest BCUT2D eigenvalue weighted by Crippen LogP contribution is 2.22. The molecule has 1 heterocycles. The largest absolute Gasteiger partial charge is 0.382 e. The summed E-state index contributed by atoms with van der Waals surface area (Å²) >= 11 is 5.78. The number of benzene rings is 1. The molecule has 3 heteroatoms. The Balaban J connectivity index is 2.48. The van der Waals surface area contributed by atoms with Crippen LogP contribution in [0.15, 0.2) is 42.5 Å². The highest BCUT2D eigenvalue weighted by molar-refractivity contribution is 6.32. The van der Waals surface area contributed by atoms with Gasteiger partial charge in [-0.25, -0.2) is 4.98 Å². The lowest BCUT2D eigenvalue weighted by Gasteiger charge is -2.02. The van der Waals surface area contributed by atoms with E-state index in [1.165, 1.54) is 0 Å². The van der Waals surface area contributed by atoms with Crippen LogP contribution in [0.25, 0.3) is 11.3 Å². The van der Waals surface area contributed by atoms with Crippen LogP contribution in [0.5, 0.6) is 0 Å². The Morgan fingerprint density at radius 1 is 1.00 bits per heavy atom. The average Bonchev–Trinajstić information content (AvgIpc) is 2.23. The summed E-state index contributed by atoms with van der Waals surface area (Å²) < 4.78 is 0. The number of pyridine rings is 1. The van der Waals surface area contributed by atoms with E-state index in [0.29, 0.717) is 10.8 Å². The molecular weight excluding hydrogens is 196 g/mol. The van der Waals surface area contributed by atoms with Gasteiger partial charge < -0.3 is 5.73 Å². The minimum absolute atomic E-state index is 0.369. The van der Waals surface area contributed by atoms with Crippen molar-refractivity contribution in [1.82, 2.24) is 4.98 Å². The van der Waals surface area contributed by atoms with E-state index in [1.54, 1.807) is 6.07 Å². The van der Waals surface area contributed by atoms with Crippen LogP contribution in [-0.4, -0.2) is 4.98 Å². The maximum atomic E-state index is 5.78. The lowest BCUT2D eigenvalue weighted by atomic mass is 10.1. The molecule has 70 valence electrons. The molecule has 2 rings (SSSR count). The molecule has 0 aliphatic rings. The number of aromatic nitrogens is 1. The molecule has 0 aliphatic heterocycles. The van der Waals surface area contributed by atoms with E-state index in [2.05, 4.69) is 4.98 Å². The Labute approximate surface area is 87.4 Å². The zero-order chi connectivity index (χ0) is 9.97. The summed E-state index contributed by atoms with van der Waals surface area (Å²) in [6, 6.07) is 13.5. The molecule has 0 unspecified atom stereocenters. The summed E-state index contributed by atoms with van der Waals surface area (Å²) in [6.07, 6.45) is 0. The second-order valence-corrected chi connectivity index (χ2v) is 3.34. The average molecular weight is 205 g/mol. The Morgan fingerprint density at radius 2 is 1.71 bits per heavy atom. The van der Waals surface area contributed by atoms with Gasteiger partial charge in [0.2, 0.25) is 0 Å². The summed E-state index contributed by atoms with van der Waals surface area (Å²) in [4.78, 5) is 4.19. The van der Waals surface area contributed by atoms with E-state index in [1.807, 2.05) is 36.4 Å². The highest BCUT2D eigenvalue weighted by Gasteiger charge is 2.01. The van der Waals surface area contributed by atoms with Crippen LogP contribution < -0.4 is 5.73 Å². The minimum Gasteiger partial charge on any atom is -0.382 e.